The van der Waals surface area contributed by atoms with Crippen LogP contribution in [0.15, 0.2) is 57.4 Å². The molecule has 0 atom stereocenters. The molecule has 0 radical (unpaired) electrons. The van der Waals surface area contributed by atoms with E-state index in [1.807, 2.05) is 24.3 Å². The zero-order chi connectivity index (χ0) is 16.2. The van der Waals surface area contributed by atoms with Crippen molar-refractivity contribution < 1.29 is 13.9 Å². The maximum absolute atomic E-state index is 11.3. The van der Waals surface area contributed by atoms with Gasteiger partial charge in [-0.25, -0.2) is 0 Å². The van der Waals surface area contributed by atoms with E-state index >= 15 is 0 Å². The van der Waals surface area contributed by atoms with Crippen molar-refractivity contribution in [2.75, 3.05) is 0 Å². The first kappa shape index (κ1) is 15.2. The number of nitrogens with zero attached hydrogens (tertiary/aromatic N) is 2. The largest absolute Gasteiger partial charge is 0.483 e. The fourth-order valence-electron chi connectivity index (χ4n) is 1.96. The number of carbonyl (C=O) groups excluding carboxylic acids is 1. The van der Waals surface area contributed by atoms with Crippen LogP contribution in [0, 0.1) is 0 Å². The molecular weight excluding hydrogens is 362 g/mol. The highest BCUT2D eigenvalue weighted by Gasteiger charge is 2.12. The van der Waals surface area contributed by atoms with E-state index in [-0.39, 0.29) is 6.61 Å². The number of carbonyl (C=O) groups is 1. The molecule has 0 spiro atoms. The molecule has 3 aromatic rings. The Morgan fingerprint density at radius 2 is 1.87 bits per heavy atom. The van der Waals surface area contributed by atoms with E-state index in [9.17, 15) is 4.79 Å². The van der Waals surface area contributed by atoms with Gasteiger partial charge in [0, 0.05) is 10.0 Å². The van der Waals surface area contributed by atoms with Gasteiger partial charge in [0.15, 0.2) is 6.61 Å². The molecule has 2 N–H and O–H groups in total. The summed E-state index contributed by atoms with van der Waals surface area (Å²) >= 11 is 3.37. The minimum absolute atomic E-state index is 0.0494. The highest BCUT2D eigenvalue weighted by Crippen LogP contribution is 2.22. The molecule has 0 saturated carbocycles. The molecule has 1 amide bonds. The van der Waals surface area contributed by atoms with Gasteiger partial charge in [0.25, 0.3) is 11.8 Å². The second kappa shape index (κ2) is 6.62. The summed E-state index contributed by atoms with van der Waals surface area (Å²) in [6.07, 6.45) is 0. The molecule has 6 nitrogen and oxygen atoms in total. The summed E-state index contributed by atoms with van der Waals surface area (Å²) in [5.41, 5.74) is 6.42. The monoisotopic (exact) mass is 373 g/mol. The van der Waals surface area contributed by atoms with E-state index in [1.54, 1.807) is 24.3 Å². The first-order valence-corrected chi connectivity index (χ1v) is 7.53. The number of aromatic nitrogens is 2. The van der Waals surface area contributed by atoms with Crippen LogP contribution in [0.4, 0.5) is 0 Å². The highest BCUT2D eigenvalue weighted by atomic mass is 79.9. The number of ether oxygens (including phenoxy) is 1. The Hall–Kier alpha value is -2.67. The Labute approximate surface area is 140 Å². The van der Waals surface area contributed by atoms with Crippen molar-refractivity contribution in [3.8, 4) is 17.2 Å². The molecule has 0 aliphatic carbocycles. The highest BCUT2D eigenvalue weighted by molar-refractivity contribution is 9.10. The summed E-state index contributed by atoms with van der Waals surface area (Å²) in [5.74, 6) is 0.534. The van der Waals surface area contributed by atoms with Crippen LogP contribution in [-0.4, -0.2) is 16.1 Å². The Morgan fingerprint density at radius 3 is 2.61 bits per heavy atom. The summed E-state index contributed by atoms with van der Waals surface area (Å²) in [5, 5.41) is 7.92. The van der Waals surface area contributed by atoms with E-state index < -0.39 is 5.91 Å². The van der Waals surface area contributed by atoms with Crippen LogP contribution in [-0.2, 0) is 6.61 Å². The zero-order valence-corrected chi connectivity index (χ0v) is 13.5. The third kappa shape index (κ3) is 3.57. The molecule has 1 heterocycles. The normalized spacial score (nSPS) is 10.5. The van der Waals surface area contributed by atoms with Crippen LogP contribution in [0.5, 0.6) is 5.75 Å². The number of nitrogens with two attached hydrogens (primary N) is 1. The van der Waals surface area contributed by atoms with Crippen molar-refractivity contribution in [1.29, 1.82) is 0 Å². The van der Waals surface area contributed by atoms with Gasteiger partial charge in [-0.1, -0.05) is 28.1 Å². The second-order valence-corrected chi connectivity index (χ2v) is 5.57. The van der Waals surface area contributed by atoms with Crippen LogP contribution in [0.2, 0.25) is 0 Å². The predicted molar refractivity (Wildman–Crippen MR) is 86.7 cm³/mol. The topological polar surface area (TPSA) is 91.2 Å². The molecule has 0 unspecified atom stereocenters. The van der Waals surface area contributed by atoms with Crippen molar-refractivity contribution in [2.24, 2.45) is 5.73 Å². The molecule has 0 fully saturated rings. The van der Waals surface area contributed by atoms with E-state index in [2.05, 4.69) is 26.1 Å². The van der Waals surface area contributed by atoms with Gasteiger partial charge in [0.05, 0.1) is 5.56 Å². The first-order chi connectivity index (χ1) is 11.1. The molecule has 0 aliphatic heterocycles. The van der Waals surface area contributed by atoms with Crippen molar-refractivity contribution in [3.63, 3.8) is 0 Å². The molecule has 3 rings (SSSR count). The smallest absolute Gasteiger partial charge is 0.254 e. The van der Waals surface area contributed by atoms with Gasteiger partial charge >= 0.3 is 0 Å². The van der Waals surface area contributed by atoms with Crippen molar-refractivity contribution in [2.45, 2.75) is 6.61 Å². The van der Waals surface area contributed by atoms with E-state index in [1.165, 1.54) is 0 Å². The third-order valence-electron chi connectivity index (χ3n) is 3.06. The summed E-state index contributed by atoms with van der Waals surface area (Å²) in [6.45, 7) is 0.0494. The average molecular weight is 374 g/mol. The van der Waals surface area contributed by atoms with Crippen LogP contribution in [0.1, 0.15) is 16.2 Å². The van der Waals surface area contributed by atoms with E-state index in [0.29, 0.717) is 23.1 Å². The minimum atomic E-state index is -0.554. The Balaban J connectivity index is 1.73. The molecule has 2 aromatic carbocycles. The number of halogens is 1. The fraction of sp³-hybridized carbons (Fsp3) is 0.0625. The lowest BCUT2D eigenvalue weighted by Crippen LogP contribution is -2.12. The van der Waals surface area contributed by atoms with Crippen LogP contribution in [0.25, 0.3) is 11.5 Å². The van der Waals surface area contributed by atoms with Gasteiger partial charge in [-0.15, -0.1) is 10.2 Å². The summed E-state index contributed by atoms with van der Waals surface area (Å²) in [6, 6.07) is 14.2. The maximum Gasteiger partial charge on any atom is 0.254 e. The lowest BCUT2D eigenvalue weighted by molar-refractivity contribution is 0.0995. The van der Waals surface area contributed by atoms with Crippen LogP contribution < -0.4 is 10.5 Å². The number of para-hydroxylation sites is 1. The Kier molecular flexibility index (Phi) is 4.38. The van der Waals surface area contributed by atoms with Crippen molar-refractivity contribution in [3.05, 3.63) is 64.5 Å². The minimum Gasteiger partial charge on any atom is -0.483 e. The molecule has 1 aromatic heterocycles. The van der Waals surface area contributed by atoms with Crippen LogP contribution >= 0.6 is 15.9 Å². The van der Waals surface area contributed by atoms with Gasteiger partial charge in [0.1, 0.15) is 5.75 Å². The fourth-order valence-corrected chi connectivity index (χ4v) is 2.22. The van der Waals surface area contributed by atoms with Crippen LogP contribution in [0.3, 0.4) is 0 Å². The molecule has 23 heavy (non-hydrogen) atoms. The number of amides is 1. The Morgan fingerprint density at radius 1 is 1.13 bits per heavy atom. The summed E-state index contributed by atoms with van der Waals surface area (Å²) in [4.78, 5) is 11.3. The zero-order valence-electron chi connectivity index (χ0n) is 11.9. The van der Waals surface area contributed by atoms with E-state index in [0.717, 1.165) is 10.0 Å². The average Bonchev–Trinajstić information content (AvgIpc) is 3.03. The number of hydrogen-bond acceptors (Lipinski definition) is 5. The number of rotatable bonds is 5. The molecule has 7 heteroatoms. The van der Waals surface area contributed by atoms with Gasteiger partial charge in [0.2, 0.25) is 5.89 Å². The van der Waals surface area contributed by atoms with Crippen molar-refractivity contribution >= 4 is 21.8 Å². The molecule has 0 saturated heterocycles. The lowest BCUT2D eigenvalue weighted by Gasteiger charge is -2.06. The molecule has 0 aliphatic rings. The summed E-state index contributed by atoms with van der Waals surface area (Å²) < 4.78 is 12.1. The first-order valence-electron chi connectivity index (χ1n) is 6.73. The predicted octanol–water partition coefficient (Wildman–Crippen LogP) is 3.18. The van der Waals surface area contributed by atoms with Gasteiger partial charge in [-0.3, -0.25) is 4.79 Å². The van der Waals surface area contributed by atoms with E-state index in [4.69, 9.17) is 14.9 Å². The molecule has 116 valence electrons. The molecular formula is C16H12BrN3O3. The summed E-state index contributed by atoms with van der Waals surface area (Å²) in [7, 11) is 0. The lowest BCUT2D eigenvalue weighted by atomic mass is 10.2. The quantitative estimate of drug-likeness (QED) is 0.741. The second-order valence-electron chi connectivity index (χ2n) is 4.66. The number of primary amides is 1. The SMILES string of the molecule is NC(=O)c1ccccc1OCc1nnc(-c2ccc(Br)cc2)o1. The van der Waals surface area contributed by atoms with Crippen molar-refractivity contribution in [1.82, 2.24) is 10.2 Å². The van der Waals surface area contributed by atoms with Gasteiger partial charge in [-0.2, -0.15) is 0 Å². The maximum atomic E-state index is 11.3. The third-order valence-corrected chi connectivity index (χ3v) is 3.59. The number of benzene rings is 2. The molecule has 0 bridgehead atoms. The van der Waals surface area contributed by atoms with Gasteiger partial charge in [-0.05, 0) is 36.4 Å². The van der Waals surface area contributed by atoms with Gasteiger partial charge < -0.3 is 14.9 Å². The number of hydrogen-bond donors (Lipinski definition) is 1. The standard InChI is InChI=1S/C16H12BrN3O3/c17-11-7-5-10(6-8-11)16-20-19-14(23-16)9-22-13-4-2-1-3-12(13)15(18)21/h1-8H,9H2,(H2,18,21). The Bertz CT molecular complexity index is 831.